The summed E-state index contributed by atoms with van der Waals surface area (Å²) in [6, 6.07) is 7.64. The molecule has 2 atom stereocenters. The van der Waals surface area contributed by atoms with Crippen LogP contribution < -0.4 is 0 Å². The smallest absolute Gasteiger partial charge is 0.256 e. The van der Waals surface area contributed by atoms with Gasteiger partial charge in [-0.25, -0.2) is 0 Å². The molecule has 3 nitrogen and oxygen atoms in total. The number of rotatable bonds is 0. The second kappa shape index (κ2) is 2.12. The Morgan fingerprint density at radius 2 is 2.15 bits per heavy atom. The van der Waals surface area contributed by atoms with Gasteiger partial charge in [-0.3, -0.25) is 4.79 Å². The van der Waals surface area contributed by atoms with Gasteiger partial charge in [0.15, 0.2) is 6.23 Å². The lowest BCUT2D eigenvalue weighted by atomic mass is 10.00. The summed E-state index contributed by atoms with van der Waals surface area (Å²) < 4.78 is 5.39. The fourth-order valence-electron chi connectivity index (χ4n) is 1.87. The van der Waals surface area contributed by atoms with Crippen LogP contribution in [-0.4, -0.2) is 24.1 Å². The summed E-state index contributed by atoms with van der Waals surface area (Å²) in [6.07, 6.45) is 0.112. The van der Waals surface area contributed by atoms with Crippen LogP contribution in [0.5, 0.6) is 0 Å². The Balaban J connectivity index is 2.20. The van der Waals surface area contributed by atoms with Gasteiger partial charge >= 0.3 is 0 Å². The Morgan fingerprint density at radius 3 is 3.00 bits per heavy atom. The van der Waals surface area contributed by atoms with E-state index in [1.54, 1.807) is 11.9 Å². The fourth-order valence-corrected chi connectivity index (χ4v) is 1.87. The molecule has 1 fully saturated rings. The first-order valence-electron chi connectivity index (χ1n) is 4.30. The van der Waals surface area contributed by atoms with Crippen molar-refractivity contribution in [1.82, 2.24) is 4.90 Å². The summed E-state index contributed by atoms with van der Waals surface area (Å²) in [5, 5.41) is 0. The number of carbonyl (C=O) groups is 1. The highest BCUT2D eigenvalue weighted by Crippen LogP contribution is 2.45. The Hall–Kier alpha value is -1.35. The molecule has 0 saturated carbocycles. The average Bonchev–Trinajstić information content (AvgIpc) is 2.94. The minimum Gasteiger partial charge on any atom is -0.342 e. The predicted molar refractivity (Wildman–Crippen MR) is 46.1 cm³/mol. The van der Waals surface area contributed by atoms with Gasteiger partial charge in [-0.1, -0.05) is 18.2 Å². The zero-order chi connectivity index (χ0) is 9.00. The molecule has 1 aromatic carbocycles. The Kier molecular flexibility index (Phi) is 1.15. The largest absolute Gasteiger partial charge is 0.342 e. The molecule has 0 bridgehead atoms. The third-order valence-electron chi connectivity index (χ3n) is 2.67. The Morgan fingerprint density at radius 1 is 1.38 bits per heavy atom. The lowest BCUT2D eigenvalue weighted by molar-refractivity contribution is 0.0723. The zero-order valence-electron chi connectivity index (χ0n) is 7.23. The van der Waals surface area contributed by atoms with E-state index in [9.17, 15) is 4.79 Å². The molecule has 0 aliphatic carbocycles. The second-order valence-corrected chi connectivity index (χ2v) is 3.45. The summed E-state index contributed by atoms with van der Waals surface area (Å²) in [5.41, 5.74) is 1.82. The van der Waals surface area contributed by atoms with Crippen LogP contribution in [0.25, 0.3) is 0 Å². The average molecular weight is 175 g/mol. The first-order chi connectivity index (χ1) is 6.29. The monoisotopic (exact) mass is 175 g/mol. The first-order valence-corrected chi connectivity index (χ1v) is 4.30. The van der Waals surface area contributed by atoms with Crippen molar-refractivity contribution < 1.29 is 9.53 Å². The summed E-state index contributed by atoms with van der Waals surface area (Å²) in [4.78, 5) is 13.4. The van der Waals surface area contributed by atoms with Crippen molar-refractivity contribution in [1.29, 1.82) is 0 Å². The maximum absolute atomic E-state index is 11.7. The minimum absolute atomic E-state index is 0.0117. The number of amides is 1. The van der Waals surface area contributed by atoms with Gasteiger partial charge in [-0.05, 0) is 11.6 Å². The highest BCUT2D eigenvalue weighted by Gasteiger charge is 2.50. The van der Waals surface area contributed by atoms with Crippen molar-refractivity contribution in [2.24, 2.45) is 0 Å². The maximum Gasteiger partial charge on any atom is 0.256 e. The van der Waals surface area contributed by atoms with Gasteiger partial charge in [0.05, 0.1) is 0 Å². The second-order valence-electron chi connectivity index (χ2n) is 3.45. The van der Waals surface area contributed by atoms with Gasteiger partial charge in [0.2, 0.25) is 0 Å². The van der Waals surface area contributed by atoms with Gasteiger partial charge in [0.1, 0.15) is 6.10 Å². The minimum atomic E-state index is -0.0117. The molecule has 66 valence electrons. The molecule has 0 spiro atoms. The first kappa shape index (κ1) is 7.09. The van der Waals surface area contributed by atoms with E-state index in [2.05, 4.69) is 0 Å². The van der Waals surface area contributed by atoms with E-state index < -0.39 is 0 Å². The van der Waals surface area contributed by atoms with E-state index in [1.165, 1.54) is 0 Å². The predicted octanol–water partition coefficient (Wildman–Crippen LogP) is 1.17. The van der Waals surface area contributed by atoms with Crippen LogP contribution in [0.4, 0.5) is 0 Å². The molecule has 1 saturated heterocycles. The molecule has 0 aromatic heterocycles. The van der Waals surface area contributed by atoms with Crippen LogP contribution in [0.3, 0.4) is 0 Å². The van der Waals surface area contributed by atoms with Crippen molar-refractivity contribution in [2.75, 3.05) is 7.05 Å². The number of likely N-dealkylation sites (N-methyl/N-ethyl adjacent to an activating group) is 1. The molecule has 0 radical (unpaired) electrons. The number of epoxide rings is 1. The number of carbonyl (C=O) groups excluding carboxylic acids is 1. The van der Waals surface area contributed by atoms with E-state index in [1.807, 2.05) is 24.3 Å². The summed E-state index contributed by atoms with van der Waals surface area (Å²) in [5.74, 6) is 0.0642. The number of nitrogens with zero attached hydrogens (tertiary/aromatic N) is 1. The van der Waals surface area contributed by atoms with Gasteiger partial charge in [-0.2, -0.15) is 0 Å². The molecule has 2 unspecified atom stereocenters. The molecule has 2 aliphatic heterocycles. The number of benzene rings is 1. The molecular formula is C10H9NO2. The number of hydrogen-bond donors (Lipinski definition) is 0. The standard InChI is InChI=1S/C10H9NO2/c1-11-9(12)7-5-3-2-4-6(7)8-10(11)13-8/h2-5,8,10H,1H3. The normalized spacial score (nSPS) is 29.6. The van der Waals surface area contributed by atoms with Gasteiger partial charge in [0.25, 0.3) is 5.91 Å². The third-order valence-corrected chi connectivity index (χ3v) is 2.67. The number of fused-ring (bicyclic) bond motifs is 3. The summed E-state index contributed by atoms with van der Waals surface area (Å²) in [6.45, 7) is 0. The lowest BCUT2D eigenvalue weighted by Crippen LogP contribution is -2.33. The number of hydrogen-bond acceptors (Lipinski definition) is 2. The van der Waals surface area contributed by atoms with Crippen molar-refractivity contribution >= 4 is 5.91 Å². The molecule has 13 heavy (non-hydrogen) atoms. The van der Waals surface area contributed by atoms with Crippen LogP contribution in [0, 0.1) is 0 Å². The highest BCUT2D eigenvalue weighted by atomic mass is 16.6. The van der Waals surface area contributed by atoms with E-state index in [0.29, 0.717) is 0 Å². The molecule has 1 aromatic rings. The van der Waals surface area contributed by atoms with Gasteiger partial charge < -0.3 is 9.64 Å². The quantitative estimate of drug-likeness (QED) is 0.554. The fraction of sp³-hybridized carbons (Fsp3) is 0.300. The SMILES string of the molecule is CN1C(=O)c2ccccc2C2OC21. The lowest BCUT2D eigenvalue weighted by Gasteiger charge is -2.20. The molecule has 0 N–H and O–H groups in total. The maximum atomic E-state index is 11.7. The van der Waals surface area contributed by atoms with Crippen molar-refractivity contribution in [3.8, 4) is 0 Å². The van der Waals surface area contributed by atoms with Crippen LogP contribution in [0.1, 0.15) is 22.0 Å². The Bertz CT molecular complexity index is 388. The van der Waals surface area contributed by atoms with Crippen molar-refractivity contribution in [2.45, 2.75) is 12.3 Å². The highest BCUT2D eigenvalue weighted by molar-refractivity contribution is 5.97. The molecular weight excluding hydrogens is 166 g/mol. The summed E-state index contributed by atoms with van der Waals surface area (Å²) >= 11 is 0. The topological polar surface area (TPSA) is 32.8 Å². The summed E-state index contributed by atoms with van der Waals surface area (Å²) in [7, 11) is 1.78. The van der Waals surface area contributed by atoms with E-state index >= 15 is 0 Å². The molecule has 2 aliphatic rings. The van der Waals surface area contributed by atoms with Crippen LogP contribution >= 0.6 is 0 Å². The zero-order valence-corrected chi connectivity index (χ0v) is 7.23. The van der Waals surface area contributed by atoms with Crippen molar-refractivity contribution in [3.63, 3.8) is 0 Å². The van der Waals surface area contributed by atoms with Crippen LogP contribution in [-0.2, 0) is 4.74 Å². The molecule has 1 amide bonds. The van der Waals surface area contributed by atoms with E-state index in [0.717, 1.165) is 11.1 Å². The van der Waals surface area contributed by atoms with Crippen LogP contribution in [0.2, 0.25) is 0 Å². The number of ether oxygens (including phenoxy) is 1. The van der Waals surface area contributed by atoms with Gasteiger partial charge in [-0.15, -0.1) is 0 Å². The molecule has 3 heteroatoms. The molecule has 3 rings (SSSR count). The van der Waals surface area contributed by atoms with E-state index in [4.69, 9.17) is 4.74 Å². The molecule has 2 heterocycles. The Labute approximate surface area is 75.9 Å². The third kappa shape index (κ3) is 0.795. The van der Waals surface area contributed by atoms with Crippen LogP contribution in [0.15, 0.2) is 24.3 Å². The van der Waals surface area contributed by atoms with E-state index in [-0.39, 0.29) is 18.2 Å². The van der Waals surface area contributed by atoms with Crippen molar-refractivity contribution in [3.05, 3.63) is 35.4 Å². The van der Waals surface area contributed by atoms with Gasteiger partial charge in [0, 0.05) is 12.6 Å².